The van der Waals surface area contributed by atoms with Crippen LogP contribution in [0.3, 0.4) is 0 Å². The van der Waals surface area contributed by atoms with Crippen molar-refractivity contribution in [3.05, 3.63) is 47.2 Å². The molecule has 0 spiro atoms. The van der Waals surface area contributed by atoms with Gasteiger partial charge in [0.25, 0.3) is 0 Å². The molecule has 2 aromatic rings. The molecule has 4 atom stereocenters. The number of hydrogen-bond acceptors (Lipinski definition) is 8. The highest BCUT2D eigenvalue weighted by Gasteiger charge is 2.51. The SMILES string of the molecule is CN1C(=O)C2C(SCC(=O)Nc3nccs3)NC(c3ccc(F)cc3)NC2N(C)C1=O. The van der Waals surface area contributed by atoms with Crippen LogP contribution >= 0.6 is 23.1 Å². The molecule has 12 heteroatoms. The zero-order chi connectivity index (χ0) is 22.1. The number of halogens is 1. The molecule has 164 valence electrons. The summed E-state index contributed by atoms with van der Waals surface area (Å²) < 4.78 is 13.4. The molecule has 4 unspecified atom stereocenters. The Morgan fingerprint density at radius 1 is 1.26 bits per heavy atom. The molecule has 4 rings (SSSR count). The van der Waals surface area contributed by atoms with E-state index in [9.17, 15) is 18.8 Å². The number of benzene rings is 1. The molecule has 2 saturated heterocycles. The summed E-state index contributed by atoms with van der Waals surface area (Å²) in [6.07, 6.45) is 0.586. The van der Waals surface area contributed by atoms with Gasteiger partial charge >= 0.3 is 6.03 Å². The minimum Gasteiger partial charge on any atom is -0.311 e. The molecule has 2 aliphatic rings. The van der Waals surface area contributed by atoms with Crippen LogP contribution in [0.1, 0.15) is 11.7 Å². The maximum atomic E-state index is 13.4. The Bertz CT molecular complexity index is 974. The molecule has 0 radical (unpaired) electrons. The van der Waals surface area contributed by atoms with Crippen LogP contribution in [-0.4, -0.2) is 64.0 Å². The average Bonchev–Trinajstić information content (AvgIpc) is 3.27. The maximum absolute atomic E-state index is 13.4. The lowest BCUT2D eigenvalue weighted by Gasteiger charge is -2.50. The molecular formula is C19H21FN6O3S2. The van der Waals surface area contributed by atoms with Crippen LogP contribution in [0.15, 0.2) is 35.8 Å². The van der Waals surface area contributed by atoms with Crippen LogP contribution in [0, 0.1) is 11.7 Å². The average molecular weight is 465 g/mol. The number of nitrogens with one attached hydrogen (secondary N) is 3. The third-order valence-electron chi connectivity index (χ3n) is 5.23. The van der Waals surface area contributed by atoms with Gasteiger partial charge in [-0.1, -0.05) is 12.1 Å². The minimum atomic E-state index is -0.609. The second-order valence-corrected chi connectivity index (χ2v) is 9.22. The Kier molecular flexibility index (Phi) is 6.23. The Balaban J connectivity index is 1.55. The van der Waals surface area contributed by atoms with E-state index in [0.29, 0.717) is 5.13 Å². The number of thiazole rings is 1. The first-order valence-corrected chi connectivity index (χ1v) is 11.4. The Morgan fingerprint density at radius 3 is 2.68 bits per heavy atom. The van der Waals surface area contributed by atoms with E-state index in [1.165, 1.54) is 47.2 Å². The van der Waals surface area contributed by atoms with Crippen molar-refractivity contribution in [2.75, 3.05) is 25.2 Å². The summed E-state index contributed by atoms with van der Waals surface area (Å²) in [5, 5.41) is 11.1. The summed E-state index contributed by atoms with van der Waals surface area (Å²) in [4.78, 5) is 44.4. The lowest BCUT2D eigenvalue weighted by Crippen LogP contribution is -2.72. The largest absolute Gasteiger partial charge is 0.327 e. The third kappa shape index (κ3) is 4.42. The molecule has 1 aromatic carbocycles. The van der Waals surface area contributed by atoms with Gasteiger partial charge in [0.1, 0.15) is 5.82 Å². The molecule has 2 fully saturated rings. The van der Waals surface area contributed by atoms with Crippen molar-refractivity contribution >= 4 is 46.1 Å². The Morgan fingerprint density at radius 2 is 2.00 bits per heavy atom. The molecule has 9 nitrogen and oxygen atoms in total. The van der Waals surface area contributed by atoms with Crippen LogP contribution in [0.2, 0.25) is 0 Å². The van der Waals surface area contributed by atoms with Crippen molar-refractivity contribution in [1.29, 1.82) is 0 Å². The van der Waals surface area contributed by atoms with Gasteiger partial charge < -0.3 is 10.2 Å². The van der Waals surface area contributed by atoms with Gasteiger partial charge in [0, 0.05) is 25.7 Å². The number of amides is 4. The predicted octanol–water partition coefficient (Wildman–Crippen LogP) is 1.64. The van der Waals surface area contributed by atoms with Crippen LogP contribution in [0.5, 0.6) is 0 Å². The first-order chi connectivity index (χ1) is 14.8. The second-order valence-electron chi connectivity index (χ2n) is 7.20. The van der Waals surface area contributed by atoms with Crippen molar-refractivity contribution < 1.29 is 18.8 Å². The fourth-order valence-corrected chi connectivity index (χ4v) is 5.31. The quantitative estimate of drug-likeness (QED) is 0.618. The molecule has 1 aromatic heterocycles. The molecule has 3 N–H and O–H groups in total. The number of thioether (sulfide) groups is 1. The second kappa shape index (κ2) is 8.91. The van der Waals surface area contributed by atoms with Crippen molar-refractivity contribution in [2.45, 2.75) is 17.7 Å². The molecule has 0 bridgehead atoms. The van der Waals surface area contributed by atoms with E-state index >= 15 is 0 Å². The van der Waals surface area contributed by atoms with Crippen LogP contribution < -0.4 is 16.0 Å². The van der Waals surface area contributed by atoms with E-state index in [1.807, 2.05) is 0 Å². The first-order valence-electron chi connectivity index (χ1n) is 9.48. The molecule has 0 aliphatic carbocycles. The summed E-state index contributed by atoms with van der Waals surface area (Å²) in [5.41, 5.74) is 0.755. The number of imide groups is 1. The highest BCUT2D eigenvalue weighted by atomic mass is 32.2. The highest BCUT2D eigenvalue weighted by Crippen LogP contribution is 2.34. The monoisotopic (exact) mass is 464 g/mol. The predicted molar refractivity (Wildman–Crippen MR) is 116 cm³/mol. The summed E-state index contributed by atoms with van der Waals surface area (Å²) in [6.45, 7) is 0. The third-order valence-corrected chi connectivity index (χ3v) is 7.14. The maximum Gasteiger partial charge on any atom is 0.327 e. The molecule has 31 heavy (non-hydrogen) atoms. The number of fused-ring (bicyclic) bond motifs is 1. The lowest BCUT2D eigenvalue weighted by atomic mass is 9.96. The normalized spacial score (nSPS) is 26.0. The number of aromatic nitrogens is 1. The summed E-state index contributed by atoms with van der Waals surface area (Å²) in [5.74, 6) is -1.45. The van der Waals surface area contributed by atoms with E-state index in [2.05, 4.69) is 20.9 Å². The van der Waals surface area contributed by atoms with Crippen LogP contribution in [-0.2, 0) is 9.59 Å². The van der Waals surface area contributed by atoms with Crippen LogP contribution in [0.4, 0.5) is 14.3 Å². The van der Waals surface area contributed by atoms with Gasteiger partial charge in [0.15, 0.2) is 5.13 Å². The van der Waals surface area contributed by atoms with E-state index < -0.39 is 29.7 Å². The fraction of sp³-hybridized carbons (Fsp3) is 0.368. The zero-order valence-corrected chi connectivity index (χ0v) is 18.4. The van der Waals surface area contributed by atoms with E-state index in [1.54, 1.807) is 30.8 Å². The van der Waals surface area contributed by atoms with E-state index in [-0.39, 0.29) is 23.4 Å². The summed E-state index contributed by atoms with van der Waals surface area (Å²) in [6, 6.07) is 5.56. The highest BCUT2D eigenvalue weighted by molar-refractivity contribution is 8.00. The topological polar surface area (TPSA) is 107 Å². The van der Waals surface area contributed by atoms with Gasteiger partial charge in [-0.3, -0.25) is 25.1 Å². The number of carbonyl (C=O) groups is 3. The van der Waals surface area contributed by atoms with Gasteiger partial charge in [0.05, 0.1) is 29.4 Å². The summed E-state index contributed by atoms with van der Waals surface area (Å²) >= 11 is 2.60. The smallest absolute Gasteiger partial charge is 0.311 e. The zero-order valence-electron chi connectivity index (χ0n) is 16.7. The number of rotatable bonds is 5. The minimum absolute atomic E-state index is 0.0886. The number of anilines is 1. The van der Waals surface area contributed by atoms with Crippen molar-refractivity contribution in [3.8, 4) is 0 Å². The Labute approximate surface area is 186 Å². The number of hydrogen-bond donors (Lipinski definition) is 3. The number of urea groups is 1. The van der Waals surface area contributed by atoms with Crippen molar-refractivity contribution in [1.82, 2.24) is 25.4 Å². The Hall–Kier alpha value is -2.54. The molecule has 2 aliphatic heterocycles. The van der Waals surface area contributed by atoms with Crippen molar-refractivity contribution in [3.63, 3.8) is 0 Å². The lowest BCUT2D eigenvalue weighted by molar-refractivity contribution is -0.140. The molecular weight excluding hydrogens is 443 g/mol. The van der Waals surface area contributed by atoms with E-state index in [0.717, 1.165) is 10.5 Å². The van der Waals surface area contributed by atoms with Gasteiger partial charge in [-0.2, -0.15) is 0 Å². The van der Waals surface area contributed by atoms with E-state index in [4.69, 9.17) is 0 Å². The van der Waals surface area contributed by atoms with Gasteiger partial charge in [0.2, 0.25) is 11.8 Å². The molecule has 0 saturated carbocycles. The first kappa shape index (κ1) is 21.7. The fourth-order valence-electron chi connectivity index (χ4n) is 3.65. The number of carbonyl (C=O) groups excluding carboxylic acids is 3. The van der Waals surface area contributed by atoms with Gasteiger partial charge in [-0.15, -0.1) is 23.1 Å². The number of nitrogens with zero attached hydrogens (tertiary/aromatic N) is 3. The molecule has 4 amide bonds. The summed E-state index contributed by atoms with van der Waals surface area (Å²) in [7, 11) is 3.07. The van der Waals surface area contributed by atoms with Gasteiger partial charge in [-0.25, -0.2) is 14.2 Å². The molecule has 3 heterocycles. The van der Waals surface area contributed by atoms with Gasteiger partial charge in [-0.05, 0) is 17.7 Å². The van der Waals surface area contributed by atoms with Crippen LogP contribution in [0.25, 0.3) is 0 Å². The standard InChI is InChI=1S/C19H21FN6O3S2/c1-25-15-13(17(28)26(2)19(25)29)16(31-9-12(27)22-18-21-7-8-30-18)24-14(23-15)10-3-5-11(20)6-4-10/h3-8,13-16,23-24H,9H2,1-2H3,(H,21,22,27). The van der Waals surface area contributed by atoms with Crippen molar-refractivity contribution in [2.24, 2.45) is 5.92 Å².